The van der Waals surface area contributed by atoms with E-state index in [0.717, 1.165) is 24.6 Å². The number of ether oxygens (including phenoxy) is 2. The number of carbonyl (C=O) groups excluding carboxylic acids is 1. The summed E-state index contributed by atoms with van der Waals surface area (Å²) in [4.78, 5) is 16.6. The van der Waals surface area contributed by atoms with Crippen molar-refractivity contribution in [1.29, 1.82) is 0 Å². The summed E-state index contributed by atoms with van der Waals surface area (Å²) in [5, 5.41) is 7.91. The van der Waals surface area contributed by atoms with Gasteiger partial charge < -0.3 is 13.9 Å². The summed E-state index contributed by atoms with van der Waals surface area (Å²) in [6.07, 6.45) is 8.36. The summed E-state index contributed by atoms with van der Waals surface area (Å²) < 4.78 is 14.1. The van der Waals surface area contributed by atoms with Crippen LogP contribution in [0.1, 0.15) is 58.9 Å². The Kier molecular flexibility index (Phi) is 3.93. The number of nitrogens with zero attached hydrogens (tertiary/aromatic N) is 5. The van der Waals surface area contributed by atoms with Gasteiger partial charge in [-0.05, 0) is 37.3 Å². The second-order valence-corrected chi connectivity index (χ2v) is 7.22. The third-order valence-electron chi connectivity index (χ3n) is 5.12. The minimum absolute atomic E-state index is 0.212. The molecule has 3 aromatic rings. The molecule has 3 aromatic heterocycles. The number of hydrogen-bond acceptors (Lipinski definition) is 6. The Morgan fingerprint density at radius 3 is 2.81 bits per heavy atom. The fraction of sp³-hybridized carbons (Fsp3) is 0.474. The van der Waals surface area contributed by atoms with E-state index in [1.807, 2.05) is 6.20 Å². The molecule has 0 bridgehead atoms. The van der Waals surface area contributed by atoms with Crippen LogP contribution in [0.4, 0.5) is 0 Å². The van der Waals surface area contributed by atoms with Gasteiger partial charge in [0.1, 0.15) is 5.65 Å². The number of hydrogen-bond donors (Lipinski definition) is 0. The maximum Gasteiger partial charge on any atom is 0.360 e. The molecule has 1 saturated heterocycles. The van der Waals surface area contributed by atoms with Gasteiger partial charge in [-0.25, -0.2) is 14.5 Å². The molecule has 1 aliphatic heterocycles. The van der Waals surface area contributed by atoms with E-state index < -0.39 is 5.97 Å². The number of imidazole rings is 1. The molecule has 1 aliphatic carbocycles. The summed E-state index contributed by atoms with van der Waals surface area (Å²) in [6.45, 7) is 4.05. The van der Waals surface area contributed by atoms with Gasteiger partial charge >= 0.3 is 5.97 Å². The average molecular weight is 367 g/mol. The smallest absolute Gasteiger partial charge is 0.360 e. The fourth-order valence-electron chi connectivity index (χ4n) is 3.47. The average Bonchev–Trinajstić information content (AvgIpc) is 3.21. The first-order valence-electron chi connectivity index (χ1n) is 9.37. The summed E-state index contributed by atoms with van der Waals surface area (Å²) in [5.74, 6) is 0.644. The van der Waals surface area contributed by atoms with Crippen LogP contribution in [-0.2, 0) is 16.0 Å². The fourth-order valence-corrected chi connectivity index (χ4v) is 3.47. The van der Waals surface area contributed by atoms with E-state index in [4.69, 9.17) is 14.5 Å². The van der Waals surface area contributed by atoms with Crippen LogP contribution >= 0.6 is 0 Å². The molecule has 27 heavy (non-hydrogen) atoms. The molecule has 8 nitrogen and oxygen atoms in total. The Balaban J connectivity index is 1.45. The van der Waals surface area contributed by atoms with Crippen molar-refractivity contribution < 1.29 is 14.3 Å². The highest BCUT2D eigenvalue weighted by molar-refractivity contribution is 5.86. The Hall–Kier alpha value is -2.74. The highest BCUT2D eigenvalue weighted by atomic mass is 16.5. The molecule has 0 atom stereocenters. The van der Waals surface area contributed by atoms with Crippen molar-refractivity contribution in [1.82, 2.24) is 24.4 Å². The van der Waals surface area contributed by atoms with E-state index >= 15 is 0 Å². The predicted octanol–water partition coefficient (Wildman–Crippen LogP) is 2.14. The number of pyridine rings is 1. The van der Waals surface area contributed by atoms with Crippen LogP contribution in [-0.4, -0.2) is 50.2 Å². The van der Waals surface area contributed by atoms with Gasteiger partial charge in [-0.3, -0.25) is 0 Å². The summed E-state index contributed by atoms with van der Waals surface area (Å²) in [6, 6.07) is 2.31. The summed E-state index contributed by atoms with van der Waals surface area (Å²) >= 11 is 0. The second kappa shape index (κ2) is 6.45. The minimum atomic E-state index is -0.458. The van der Waals surface area contributed by atoms with Crippen molar-refractivity contribution in [2.24, 2.45) is 0 Å². The van der Waals surface area contributed by atoms with Crippen LogP contribution in [0.5, 0.6) is 0 Å². The van der Waals surface area contributed by atoms with Crippen molar-refractivity contribution in [3.8, 4) is 0 Å². The molecular weight excluding hydrogens is 346 g/mol. The van der Waals surface area contributed by atoms with Crippen LogP contribution in [0.25, 0.3) is 5.65 Å². The van der Waals surface area contributed by atoms with Gasteiger partial charge in [0.2, 0.25) is 0 Å². The first-order valence-corrected chi connectivity index (χ1v) is 9.37. The van der Waals surface area contributed by atoms with E-state index in [-0.39, 0.29) is 5.69 Å². The lowest BCUT2D eigenvalue weighted by atomic mass is 9.96. The van der Waals surface area contributed by atoms with Gasteiger partial charge in [0.15, 0.2) is 5.69 Å². The Morgan fingerprint density at radius 1 is 1.26 bits per heavy atom. The highest BCUT2D eigenvalue weighted by Gasteiger charge is 2.29. The Morgan fingerprint density at radius 2 is 2.11 bits per heavy atom. The van der Waals surface area contributed by atoms with Gasteiger partial charge in [-0.15, -0.1) is 5.10 Å². The molecule has 2 aliphatic rings. The maximum atomic E-state index is 11.7. The van der Waals surface area contributed by atoms with E-state index in [2.05, 4.69) is 27.0 Å². The van der Waals surface area contributed by atoms with Gasteiger partial charge in [-0.1, -0.05) is 5.21 Å². The third-order valence-corrected chi connectivity index (χ3v) is 5.12. The second-order valence-electron chi connectivity index (χ2n) is 7.22. The minimum Gasteiger partial charge on any atom is -0.461 e. The van der Waals surface area contributed by atoms with Crippen LogP contribution in [0.15, 0.2) is 24.7 Å². The van der Waals surface area contributed by atoms with Crippen molar-refractivity contribution in [2.75, 3.05) is 19.8 Å². The zero-order valence-electron chi connectivity index (χ0n) is 15.2. The zero-order chi connectivity index (χ0) is 18.4. The lowest BCUT2D eigenvalue weighted by Gasteiger charge is -2.27. The molecule has 2 fully saturated rings. The molecule has 0 N–H and O–H groups in total. The zero-order valence-corrected chi connectivity index (χ0v) is 15.2. The summed E-state index contributed by atoms with van der Waals surface area (Å²) in [7, 11) is 0. The Labute approximate surface area is 156 Å². The molecule has 5 rings (SSSR count). The molecular formula is C19H21N5O3. The van der Waals surface area contributed by atoms with Gasteiger partial charge in [0.05, 0.1) is 38.3 Å². The van der Waals surface area contributed by atoms with Crippen molar-refractivity contribution in [2.45, 2.75) is 38.1 Å². The largest absolute Gasteiger partial charge is 0.461 e. The van der Waals surface area contributed by atoms with Crippen molar-refractivity contribution >= 4 is 11.6 Å². The molecule has 1 saturated carbocycles. The van der Waals surface area contributed by atoms with E-state index in [9.17, 15) is 4.79 Å². The number of carbonyl (C=O) groups is 1. The van der Waals surface area contributed by atoms with Crippen molar-refractivity contribution in [3.63, 3.8) is 0 Å². The number of rotatable bonds is 6. The number of aromatic nitrogens is 5. The first kappa shape index (κ1) is 16.4. The lowest BCUT2D eigenvalue weighted by molar-refractivity contribution is 0.00877. The third kappa shape index (κ3) is 3.10. The van der Waals surface area contributed by atoms with E-state index in [0.29, 0.717) is 25.0 Å². The van der Waals surface area contributed by atoms with E-state index in [1.165, 1.54) is 24.0 Å². The monoisotopic (exact) mass is 367 g/mol. The molecule has 4 heterocycles. The first-order chi connectivity index (χ1) is 13.2. The van der Waals surface area contributed by atoms with Crippen molar-refractivity contribution in [3.05, 3.63) is 47.2 Å². The molecule has 140 valence electrons. The number of esters is 1. The van der Waals surface area contributed by atoms with Crippen LogP contribution in [0.3, 0.4) is 0 Å². The SMILES string of the molecule is CCOC(=O)c1cn(Cc2cn3cc(C4CC4)cc(C4COC4)c3n2)nn1. The highest BCUT2D eigenvalue weighted by Crippen LogP contribution is 2.41. The topological polar surface area (TPSA) is 83.5 Å². The maximum absolute atomic E-state index is 11.7. The van der Waals surface area contributed by atoms with E-state index in [1.54, 1.807) is 17.8 Å². The molecule has 0 unspecified atom stereocenters. The quantitative estimate of drug-likeness (QED) is 0.621. The summed E-state index contributed by atoms with van der Waals surface area (Å²) in [5.41, 5.74) is 4.73. The molecule has 8 heteroatoms. The molecule has 0 spiro atoms. The number of fused-ring (bicyclic) bond motifs is 1. The normalized spacial score (nSPS) is 17.2. The van der Waals surface area contributed by atoms with Gasteiger partial charge in [-0.2, -0.15) is 0 Å². The lowest BCUT2D eigenvalue weighted by Crippen LogP contribution is -2.25. The predicted molar refractivity (Wildman–Crippen MR) is 95.8 cm³/mol. The Bertz CT molecular complexity index is 1000. The standard InChI is InChI=1S/C19H21N5O3/c1-2-27-19(25)17-9-24(22-21-17)8-15-7-23-6-13(12-3-4-12)5-16(18(23)20-15)14-10-26-11-14/h5-7,9,12,14H,2-4,8,10-11H2,1H3. The van der Waals surface area contributed by atoms with Crippen LogP contribution in [0.2, 0.25) is 0 Å². The van der Waals surface area contributed by atoms with Gasteiger partial charge in [0.25, 0.3) is 0 Å². The van der Waals surface area contributed by atoms with Crippen LogP contribution in [0, 0.1) is 0 Å². The molecule has 0 aromatic carbocycles. The van der Waals surface area contributed by atoms with Crippen LogP contribution < -0.4 is 0 Å². The van der Waals surface area contributed by atoms with Gasteiger partial charge in [0, 0.05) is 23.9 Å². The molecule has 0 radical (unpaired) electrons. The molecule has 0 amide bonds.